The Balaban J connectivity index is 1.54. The molecule has 0 saturated heterocycles. The first-order valence-electron chi connectivity index (χ1n) is 8.64. The van der Waals surface area contributed by atoms with Gasteiger partial charge in [0.1, 0.15) is 5.82 Å². The summed E-state index contributed by atoms with van der Waals surface area (Å²) in [6.07, 6.45) is 5.76. The molecule has 0 saturated carbocycles. The third kappa shape index (κ3) is 3.98. The number of hydrogen-bond donors (Lipinski definition) is 0. The standard InChI is InChI=1S/C19H21F2N3O2/c1-23(12-17-22-9-10-24(17)19(20)21)18(26)8-7-16(25)15-6-5-13-3-2-4-14(13)11-15/h5-6,9-11,19H,2-4,7-8,12H2,1H3. The maximum Gasteiger partial charge on any atom is 0.319 e. The molecule has 138 valence electrons. The Hall–Kier alpha value is -2.57. The molecule has 1 heterocycles. The van der Waals surface area contributed by atoms with Gasteiger partial charge < -0.3 is 4.90 Å². The fourth-order valence-electron chi connectivity index (χ4n) is 3.25. The molecule has 0 spiro atoms. The van der Waals surface area contributed by atoms with E-state index in [1.807, 2.05) is 18.2 Å². The highest BCUT2D eigenvalue weighted by Crippen LogP contribution is 2.23. The van der Waals surface area contributed by atoms with Gasteiger partial charge in [0.05, 0.1) is 6.54 Å². The van der Waals surface area contributed by atoms with Crippen molar-refractivity contribution in [3.8, 4) is 0 Å². The van der Waals surface area contributed by atoms with Crippen molar-refractivity contribution in [1.82, 2.24) is 14.5 Å². The van der Waals surface area contributed by atoms with Crippen LogP contribution in [0.3, 0.4) is 0 Å². The van der Waals surface area contributed by atoms with E-state index in [0.717, 1.165) is 23.8 Å². The van der Waals surface area contributed by atoms with Gasteiger partial charge in [0.2, 0.25) is 5.91 Å². The first-order valence-corrected chi connectivity index (χ1v) is 8.64. The molecular weight excluding hydrogens is 340 g/mol. The molecule has 1 aliphatic rings. The van der Waals surface area contributed by atoms with Crippen molar-refractivity contribution in [3.63, 3.8) is 0 Å². The monoisotopic (exact) mass is 361 g/mol. The molecule has 1 aromatic carbocycles. The number of halogens is 2. The summed E-state index contributed by atoms with van der Waals surface area (Å²) in [5.41, 5.74) is 3.15. The van der Waals surface area contributed by atoms with E-state index in [1.165, 1.54) is 35.5 Å². The number of aryl methyl sites for hydroxylation is 2. The maximum atomic E-state index is 12.8. The first kappa shape index (κ1) is 18.2. The largest absolute Gasteiger partial charge is 0.338 e. The number of amides is 1. The van der Waals surface area contributed by atoms with Crippen LogP contribution in [0.2, 0.25) is 0 Å². The minimum absolute atomic E-state index is 0.0246. The summed E-state index contributed by atoms with van der Waals surface area (Å²) in [4.78, 5) is 29.7. The molecule has 0 aliphatic heterocycles. The minimum atomic E-state index is -2.70. The van der Waals surface area contributed by atoms with Crippen LogP contribution in [0.1, 0.15) is 53.1 Å². The van der Waals surface area contributed by atoms with Crippen LogP contribution in [-0.4, -0.2) is 33.2 Å². The Morgan fingerprint density at radius 1 is 1.23 bits per heavy atom. The minimum Gasteiger partial charge on any atom is -0.338 e. The van der Waals surface area contributed by atoms with Gasteiger partial charge in [-0.15, -0.1) is 0 Å². The number of hydrogen-bond acceptors (Lipinski definition) is 3. The third-order valence-electron chi connectivity index (χ3n) is 4.75. The molecule has 3 rings (SSSR count). The summed E-state index contributed by atoms with van der Waals surface area (Å²) in [6, 6.07) is 5.74. The second-order valence-corrected chi connectivity index (χ2v) is 6.54. The molecular formula is C19H21F2N3O2. The second-order valence-electron chi connectivity index (χ2n) is 6.54. The Morgan fingerprint density at radius 3 is 2.77 bits per heavy atom. The first-order chi connectivity index (χ1) is 12.5. The van der Waals surface area contributed by atoms with Crippen molar-refractivity contribution >= 4 is 11.7 Å². The fourth-order valence-corrected chi connectivity index (χ4v) is 3.25. The number of nitrogens with zero attached hydrogens (tertiary/aromatic N) is 3. The van der Waals surface area contributed by atoms with Crippen molar-refractivity contribution in [2.45, 2.75) is 45.2 Å². The number of carbonyl (C=O) groups excluding carboxylic acids is 2. The summed E-state index contributed by atoms with van der Waals surface area (Å²) < 4.78 is 26.4. The molecule has 0 fully saturated rings. The zero-order valence-electron chi connectivity index (χ0n) is 14.6. The van der Waals surface area contributed by atoms with Gasteiger partial charge in [0, 0.05) is 37.8 Å². The average molecular weight is 361 g/mol. The van der Waals surface area contributed by atoms with Crippen LogP contribution < -0.4 is 0 Å². The quantitative estimate of drug-likeness (QED) is 0.711. The topological polar surface area (TPSA) is 55.2 Å². The van der Waals surface area contributed by atoms with Crippen LogP contribution in [0.4, 0.5) is 8.78 Å². The van der Waals surface area contributed by atoms with E-state index in [4.69, 9.17) is 0 Å². The van der Waals surface area contributed by atoms with Crippen molar-refractivity contribution in [1.29, 1.82) is 0 Å². The van der Waals surface area contributed by atoms with Crippen molar-refractivity contribution in [2.24, 2.45) is 0 Å². The summed E-state index contributed by atoms with van der Waals surface area (Å²) in [5, 5.41) is 0. The highest BCUT2D eigenvalue weighted by molar-refractivity contribution is 5.98. The van der Waals surface area contributed by atoms with E-state index in [9.17, 15) is 18.4 Å². The summed E-state index contributed by atoms with van der Waals surface area (Å²) >= 11 is 0. The molecule has 0 radical (unpaired) electrons. The summed E-state index contributed by atoms with van der Waals surface area (Å²) in [6.45, 7) is -2.72. The molecule has 26 heavy (non-hydrogen) atoms. The van der Waals surface area contributed by atoms with E-state index in [1.54, 1.807) is 0 Å². The Bertz CT molecular complexity index is 817. The van der Waals surface area contributed by atoms with Crippen molar-refractivity contribution in [2.75, 3.05) is 7.05 Å². The van der Waals surface area contributed by atoms with Gasteiger partial charge in [-0.2, -0.15) is 8.78 Å². The van der Waals surface area contributed by atoms with Gasteiger partial charge in [0.25, 0.3) is 0 Å². The van der Waals surface area contributed by atoms with Gasteiger partial charge in [0.15, 0.2) is 5.78 Å². The van der Waals surface area contributed by atoms with Gasteiger partial charge >= 0.3 is 6.55 Å². The Labute approximate surface area is 150 Å². The third-order valence-corrected chi connectivity index (χ3v) is 4.75. The highest BCUT2D eigenvalue weighted by Gasteiger charge is 2.18. The normalized spacial score (nSPS) is 13.1. The van der Waals surface area contributed by atoms with Crippen LogP contribution in [0.25, 0.3) is 0 Å². The second kappa shape index (κ2) is 7.76. The SMILES string of the molecule is CN(Cc1nccn1C(F)F)C(=O)CCC(=O)c1ccc2c(c1)CCC2. The smallest absolute Gasteiger partial charge is 0.319 e. The Morgan fingerprint density at radius 2 is 2.00 bits per heavy atom. The predicted molar refractivity (Wildman–Crippen MR) is 92.0 cm³/mol. The predicted octanol–water partition coefficient (Wildman–Crippen LogP) is 3.39. The number of alkyl halides is 2. The highest BCUT2D eigenvalue weighted by atomic mass is 19.3. The van der Waals surface area contributed by atoms with Crippen LogP contribution in [0.5, 0.6) is 0 Å². The number of benzene rings is 1. The number of carbonyl (C=O) groups is 2. The lowest BCUT2D eigenvalue weighted by Gasteiger charge is -2.17. The van der Waals surface area contributed by atoms with Gasteiger partial charge in [-0.25, -0.2) is 4.98 Å². The zero-order valence-corrected chi connectivity index (χ0v) is 14.6. The van der Waals surface area contributed by atoms with E-state index >= 15 is 0 Å². The molecule has 1 aromatic heterocycles. The average Bonchev–Trinajstić information content (AvgIpc) is 3.27. The number of imidazole rings is 1. The zero-order chi connectivity index (χ0) is 18.7. The molecule has 0 unspecified atom stereocenters. The molecule has 0 N–H and O–H groups in total. The van der Waals surface area contributed by atoms with Crippen LogP contribution in [-0.2, 0) is 24.2 Å². The lowest BCUT2D eigenvalue weighted by Crippen LogP contribution is -2.28. The van der Waals surface area contributed by atoms with E-state index in [2.05, 4.69) is 4.98 Å². The lowest BCUT2D eigenvalue weighted by molar-refractivity contribution is -0.130. The fraction of sp³-hybridized carbons (Fsp3) is 0.421. The maximum absolute atomic E-state index is 12.8. The number of rotatable bonds is 7. The van der Waals surface area contributed by atoms with Crippen LogP contribution in [0, 0.1) is 0 Å². The van der Waals surface area contributed by atoms with Crippen LogP contribution in [0.15, 0.2) is 30.6 Å². The van der Waals surface area contributed by atoms with Crippen molar-refractivity contribution < 1.29 is 18.4 Å². The summed E-state index contributed by atoms with van der Waals surface area (Å²) in [5.74, 6) is -0.236. The molecule has 0 atom stereocenters. The summed E-state index contributed by atoms with van der Waals surface area (Å²) in [7, 11) is 1.52. The molecule has 1 aliphatic carbocycles. The number of Topliss-reactive ketones (excluding diaryl/α,β-unsaturated/α-hetero) is 1. The van der Waals surface area contributed by atoms with Crippen molar-refractivity contribution in [3.05, 3.63) is 53.1 Å². The molecule has 2 aromatic rings. The van der Waals surface area contributed by atoms with Gasteiger partial charge in [-0.3, -0.25) is 14.2 Å². The molecule has 5 nitrogen and oxygen atoms in total. The van der Waals surface area contributed by atoms with Gasteiger partial charge in [-0.1, -0.05) is 12.1 Å². The Kier molecular flexibility index (Phi) is 5.44. The molecule has 1 amide bonds. The number of ketones is 1. The molecule has 7 heteroatoms. The van der Waals surface area contributed by atoms with E-state index in [-0.39, 0.29) is 36.9 Å². The van der Waals surface area contributed by atoms with Gasteiger partial charge in [-0.05, 0) is 36.5 Å². The van der Waals surface area contributed by atoms with E-state index < -0.39 is 6.55 Å². The van der Waals surface area contributed by atoms with Crippen LogP contribution >= 0.6 is 0 Å². The lowest BCUT2D eigenvalue weighted by atomic mass is 10.0. The number of fused-ring (bicyclic) bond motifs is 1. The molecule has 0 bridgehead atoms. The van der Waals surface area contributed by atoms with E-state index in [0.29, 0.717) is 5.56 Å². The number of aromatic nitrogens is 2.